The van der Waals surface area contributed by atoms with E-state index in [2.05, 4.69) is 41.7 Å². The van der Waals surface area contributed by atoms with Gasteiger partial charge in [-0.15, -0.1) is 0 Å². The Balaban J connectivity index is 1.69. The molecule has 1 aliphatic carbocycles. The number of carbonyl (C=O) groups is 2. The van der Waals surface area contributed by atoms with Crippen molar-refractivity contribution in [3.8, 4) is 0 Å². The molecule has 2 amide bonds. The number of nitrogens with zero attached hydrogens (tertiary/aromatic N) is 2. The predicted octanol–water partition coefficient (Wildman–Crippen LogP) is 1.87. The van der Waals surface area contributed by atoms with Crippen molar-refractivity contribution < 1.29 is 18.6 Å². The van der Waals surface area contributed by atoms with Crippen LogP contribution < -0.4 is 10.6 Å². The molecule has 2 aromatic rings. The van der Waals surface area contributed by atoms with Gasteiger partial charge in [0.05, 0.1) is 0 Å². The van der Waals surface area contributed by atoms with E-state index in [1.807, 2.05) is 0 Å². The molecule has 3 atom stereocenters. The van der Waals surface area contributed by atoms with Crippen molar-refractivity contribution in [2.24, 2.45) is 17.3 Å². The number of hydrogen-bond acceptors (Lipinski definition) is 6. The van der Waals surface area contributed by atoms with Crippen molar-refractivity contribution >= 4 is 11.8 Å². The van der Waals surface area contributed by atoms with Crippen molar-refractivity contribution in [3.63, 3.8) is 0 Å². The molecule has 0 bridgehead atoms. The molecular weight excluding hydrogens is 324 g/mol. The minimum atomic E-state index is -0.286. The molecule has 1 fully saturated rings. The van der Waals surface area contributed by atoms with Crippen molar-refractivity contribution in [3.05, 3.63) is 36.0 Å². The van der Waals surface area contributed by atoms with E-state index in [0.717, 1.165) is 6.42 Å². The molecule has 134 valence electrons. The average Bonchev–Trinajstić information content (AvgIpc) is 3.27. The lowest BCUT2D eigenvalue weighted by Crippen LogP contribution is -2.47. The molecule has 8 nitrogen and oxygen atoms in total. The van der Waals surface area contributed by atoms with Crippen molar-refractivity contribution in [1.82, 2.24) is 20.9 Å². The maximum Gasteiger partial charge on any atom is 0.273 e. The second-order valence-corrected chi connectivity index (χ2v) is 7.26. The Morgan fingerprint density at radius 1 is 1.16 bits per heavy atom. The van der Waals surface area contributed by atoms with Crippen molar-refractivity contribution in [2.45, 2.75) is 33.2 Å². The lowest BCUT2D eigenvalue weighted by molar-refractivity contribution is 0.0885. The molecule has 0 radical (unpaired) electrons. The Labute approximate surface area is 145 Å². The standard InChI is InChI=1S/C17H22N4O4/c1-10-8-17(2,3)11(9-18-15(22)12-4-6-24-20-12)14(10)19-16(23)13-5-7-25-21-13/h4-7,10-11,14H,8-9H2,1-3H3,(H,18,22)(H,19,23)/t10-,11+,14+/m1/s1. The summed E-state index contributed by atoms with van der Waals surface area (Å²) in [7, 11) is 0. The third-order valence-corrected chi connectivity index (χ3v) is 5.02. The second kappa shape index (κ2) is 6.70. The molecule has 8 heteroatoms. The normalized spacial score (nSPS) is 24.8. The number of aromatic nitrogens is 2. The molecule has 1 saturated carbocycles. The maximum absolute atomic E-state index is 12.3. The number of carbonyl (C=O) groups excluding carboxylic acids is 2. The molecule has 1 aliphatic rings. The number of nitrogens with one attached hydrogen (secondary N) is 2. The van der Waals surface area contributed by atoms with Crippen molar-refractivity contribution in [1.29, 1.82) is 0 Å². The summed E-state index contributed by atoms with van der Waals surface area (Å²) in [5.74, 6) is -0.198. The summed E-state index contributed by atoms with van der Waals surface area (Å²) in [4.78, 5) is 24.5. The van der Waals surface area contributed by atoms with Crippen LogP contribution in [-0.4, -0.2) is 34.7 Å². The van der Waals surface area contributed by atoms with Gasteiger partial charge in [-0.05, 0) is 17.8 Å². The molecule has 2 aromatic heterocycles. The van der Waals surface area contributed by atoms with E-state index in [4.69, 9.17) is 9.05 Å². The van der Waals surface area contributed by atoms with Crippen LogP contribution in [0.5, 0.6) is 0 Å². The third kappa shape index (κ3) is 3.57. The van der Waals surface area contributed by atoms with Gasteiger partial charge in [-0.1, -0.05) is 31.1 Å². The molecule has 25 heavy (non-hydrogen) atoms. The van der Waals surface area contributed by atoms with Crippen LogP contribution in [0.1, 0.15) is 48.2 Å². The summed E-state index contributed by atoms with van der Waals surface area (Å²) in [5, 5.41) is 13.3. The first-order valence-electron chi connectivity index (χ1n) is 8.28. The van der Waals surface area contributed by atoms with E-state index in [-0.39, 0.29) is 46.5 Å². The smallest absolute Gasteiger partial charge is 0.273 e. The summed E-state index contributed by atoms with van der Waals surface area (Å²) in [6, 6.07) is 2.97. The van der Waals surface area contributed by atoms with Gasteiger partial charge >= 0.3 is 0 Å². The number of amides is 2. The minimum Gasteiger partial charge on any atom is -0.364 e. The zero-order chi connectivity index (χ0) is 18.0. The van der Waals surface area contributed by atoms with Crippen molar-refractivity contribution in [2.75, 3.05) is 6.54 Å². The maximum atomic E-state index is 12.3. The van der Waals surface area contributed by atoms with E-state index in [1.54, 1.807) is 0 Å². The topological polar surface area (TPSA) is 110 Å². The van der Waals surface area contributed by atoms with Gasteiger partial charge in [0.1, 0.15) is 12.5 Å². The summed E-state index contributed by atoms with van der Waals surface area (Å²) in [5.41, 5.74) is 0.465. The number of hydrogen-bond donors (Lipinski definition) is 2. The monoisotopic (exact) mass is 346 g/mol. The highest BCUT2D eigenvalue weighted by Gasteiger charge is 2.47. The first-order chi connectivity index (χ1) is 11.9. The highest BCUT2D eigenvalue weighted by Crippen LogP contribution is 2.45. The summed E-state index contributed by atoms with van der Waals surface area (Å²) in [6.07, 6.45) is 3.67. The first-order valence-corrected chi connectivity index (χ1v) is 8.28. The molecular formula is C17H22N4O4. The largest absolute Gasteiger partial charge is 0.364 e. The van der Waals surface area contributed by atoms with Crippen LogP contribution in [0.15, 0.2) is 33.7 Å². The Hall–Kier alpha value is -2.64. The fourth-order valence-corrected chi connectivity index (χ4v) is 3.81. The number of rotatable bonds is 5. The first kappa shape index (κ1) is 17.2. The Morgan fingerprint density at radius 2 is 1.76 bits per heavy atom. The van der Waals surface area contributed by atoms with Gasteiger partial charge in [0.2, 0.25) is 0 Å². The quantitative estimate of drug-likeness (QED) is 0.855. The fourth-order valence-electron chi connectivity index (χ4n) is 3.81. The zero-order valence-corrected chi connectivity index (χ0v) is 14.5. The average molecular weight is 346 g/mol. The van der Waals surface area contributed by atoms with Crippen LogP contribution in [-0.2, 0) is 0 Å². The molecule has 0 saturated heterocycles. The van der Waals surface area contributed by atoms with E-state index in [1.165, 1.54) is 24.7 Å². The van der Waals surface area contributed by atoms with E-state index in [9.17, 15) is 9.59 Å². The van der Waals surface area contributed by atoms with Gasteiger partial charge in [0.25, 0.3) is 11.8 Å². The fraction of sp³-hybridized carbons (Fsp3) is 0.529. The summed E-state index contributed by atoms with van der Waals surface area (Å²) in [6.45, 7) is 6.85. The van der Waals surface area contributed by atoms with Gasteiger partial charge < -0.3 is 19.7 Å². The Morgan fingerprint density at radius 3 is 2.32 bits per heavy atom. The minimum absolute atomic E-state index is 0.0295. The SMILES string of the molecule is C[C@@H]1CC(C)(C)[C@@H](CNC(=O)c2ccon2)[C@H]1NC(=O)c1ccon1. The molecule has 3 rings (SSSR count). The molecule has 2 heterocycles. The van der Waals surface area contributed by atoms with E-state index >= 15 is 0 Å². The zero-order valence-electron chi connectivity index (χ0n) is 14.5. The van der Waals surface area contributed by atoms with Gasteiger partial charge in [0, 0.05) is 30.6 Å². The van der Waals surface area contributed by atoms with Gasteiger partial charge in [-0.2, -0.15) is 0 Å². The van der Waals surface area contributed by atoms with Crippen LogP contribution >= 0.6 is 0 Å². The summed E-state index contributed by atoms with van der Waals surface area (Å²) < 4.78 is 9.43. The van der Waals surface area contributed by atoms with Gasteiger partial charge in [-0.25, -0.2) is 0 Å². The highest BCUT2D eigenvalue weighted by atomic mass is 16.5. The predicted molar refractivity (Wildman–Crippen MR) is 87.6 cm³/mol. The Bertz CT molecular complexity index is 724. The Kier molecular flexibility index (Phi) is 4.61. The molecule has 0 aromatic carbocycles. The highest BCUT2D eigenvalue weighted by molar-refractivity contribution is 5.92. The van der Waals surface area contributed by atoms with E-state index < -0.39 is 0 Å². The van der Waals surface area contributed by atoms with Gasteiger partial charge in [0.15, 0.2) is 11.4 Å². The summed E-state index contributed by atoms with van der Waals surface area (Å²) >= 11 is 0. The van der Waals surface area contributed by atoms with Crippen LogP contribution in [0.3, 0.4) is 0 Å². The van der Waals surface area contributed by atoms with Crippen LogP contribution in [0, 0.1) is 17.3 Å². The lowest BCUT2D eigenvalue weighted by atomic mass is 9.80. The molecule has 2 N–H and O–H groups in total. The lowest BCUT2D eigenvalue weighted by Gasteiger charge is -2.31. The van der Waals surface area contributed by atoms with E-state index in [0.29, 0.717) is 6.54 Å². The molecule has 0 aliphatic heterocycles. The van der Waals surface area contributed by atoms with Crippen LogP contribution in [0.2, 0.25) is 0 Å². The van der Waals surface area contributed by atoms with Crippen LogP contribution in [0.4, 0.5) is 0 Å². The molecule has 0 spiro atoms. The second-order valence-electron chi connectivity index (χ2n) is 7.26. The third-order valence-electron chi connectivity index (χ3n) is 5.02. The van der Waals surface area contributed by atoms with Crippen LogP contribution in [0.25, 0.3) is 0 Å². The van der Waals surface area contributed by atoms with Gasteiger partial charge in [-0.3, -0.25) is 9.59 Å². The molecule has 0 unspecified atom stereocenters.